The molecule has 0 heterocycles. The van der Waals surface area contributed by atoms with E-state index in [9.17, 15) is 8.78 Å². The number of nitriles is 2. The van der Waals surface area contributed by atoms with Crippen LogP contribution in [0.4, 0.5) is 8.78 Å². The minimum atomic E-state index is -0.690. The van der Waals surface area contributed by atoms with Gasteiger partial charge in [-0.15, -0.1) is 0 Å². The summed E-state index contributed by atoms with van der Waals surface area (Å²) in [6.07, 6.45) is 0. The average Bonchev–Trinajstić information content (AvgIpc) is 2.45. The summed E-state index contributed by atoms with van der Waals surface area (Å²) in [5, 5.41) is 17.8. The Morgan fingerprint density at radius 2 is 1.85 bits per heavy atom. The van der Waals surface area contributed by atoms with Crippen LogP contribution in [-0.2, 0) is 6.61 Å². The molecule has 0 aromatic heterocycles. The monoisotopic (exact) mass is 270 g/mol. The molecule has 0 bridgehead atoms. The molecular formula is C15H8F2N2O. The molecule has 98 valence electrons. The van der Waals surface area contributed by atoms with Gasteiger partial charge in [-0.25, -0.2) is 8.78 Å². The SMILES string of the molecule is N#Cc1ccc(F)cc1COc1cccc(F)c1C#N. The lowest BCUT2D eigenvalue weighted by Gasteiger charge is -2.09. The molecule has 0 aliphatic heterocycles. The molecule has 0 aliphatic rings. The van der Waals surface area contributed by atoms with Crippen LogP contribution in [0.15, 0.2) is 36.4 Å². The number of rotatable bonds is 3. The van der Waals surface area contributed by atoms with Crippen LogP contribution < -0.4 is 4.74 Å². The maximum Gasteiger partial charge on any atom is 0.144 e. The molecular weight excluding hydrogens is 262 g/mol. The highest BCUT2D eigenvalue weighted by atomic mass is 19.1. The fraction of sp³-hybridized carbons (Fsp3) is 0.0667. The van der Waals surface area contributed by atoms with E-state index in [0.717, 1.165) is 6.07 Å². The second-order valence-corrected chi connectivity index (χ2v) is 3.93. The van der Waals surface area contributed by atoms with E-state index in [-0.39, 0.29) is 23.5 Å². The first-order valence-electron chi connectivity index (χ1n) is 5.65. The molecule has 20 heavy (non-hydrogen) atoms. The summed E-state index contributed by atoms with van der Waals surface area (Å²) in [7, 11) is 0. The Bertz CT molecular complexity index is 728. The number of halogens is 2. The second kappa shape index (κ2) is 5.81. The Balaban J connectivity index is 2.27. The molecule has 0 spiro atoms. The molecule has 0 saturated heterocycles. The molecule has 3 nitrogen and oxygen atoms in total. The zero-order valence-corrected chi connectivity index (χ0v) is 10.2. The first-order valence-corrected chi connectivity index (χ1v) is 5.65. The summed E-state index contributed by atoms with van der Waals surface area (Å²) < 4.78 is 31.8. The summed E-state index contributed by atoms with van der Waals surface area (Å²) in [5.41, 5.74) is 0.379. The van der Waals surface area contributed by atoms with Gasteiger partial charge in [-0.2, -0.15) is 10.5 Å². The van der Waals surface area contributed by atoms with Gasteiger partial charge in [-0.3, -0.25) is 0 Å². The number of benzene rings is 2. The normalized spacial score (nSPS) is 9.60. The smallest absolute Gasteiger partial charge is 0.144 e. The lowest BCUT2D eigenvalue weighted by atomic mass is 10.1. The van der Waals surface area contributed by atoms with E-state index in [1.165, 1.54) is 30.3 Å². The molecule has 0 unspecified atom stereocenters. The third kappa shape index (κ3) is 2.73. The Morgan fingerprint density at radius 1 is 1.05 bits per heavy atom. The Morgan fingerprint density at radius 3 is 2.55 bits per heavy atom. The fourth-order valence-corrected chi connectivity index (χ4v) is 1.68. The molecule has 0 fully saturated rings. The third-order valence-electron chi connectivity index (χ3n) is 2.66. The average molecular weight is 270 g/mol. The molecule has 0 radical (unpaired) electrons. The zero-order valence-electron chi connectivity index (χ0n) is 10.2. The van der Waals surface area contributed by atoms with Gasteiger partial charge in [0.25, 0.3) is 0 Å². The van der Waals surface area contributed by atoms with Gasteiger partial charge in [0.15, 0.2) is 0 Å². The molecule has 2 rings (SSSR count). The van der Waals surface area contributed by atoms with Gasteiger partial charge < -0.3 is 4.74 Å². The summed E-state index contributed by atoms with van der Waals surface area (Å²) in [4.78, 5) is 0. The highest BCUT2D eigenvalue weighted by Crippen LogP contribution is 2.22. The lowest BCUT2D eigenvalue weighted by molar-refractivity contribution is 0.302. The van der Waals surface area contributed by atoms with Crippen LogP contribution in [0.1, 0.15) is 16.7 Å². The van der Waals surface area contributed by atoms with Gasteiger partial charge >= 0.3 is 0 Å². The van der Waals surface area contributed by atoms with Crippen LogP contribution >= 0.6 is 0 Å². The van der Waals surface area contributed by atoms with Gasteiger partial charge in [-0.1, -0.05) is 6.07 Å². The van der Waals surface area contributed by atoms with Crippen LogP contribution in [0.3, 0.4) is 0 Å². The fourth-order valence-electron chi connectivity index (χ4n) is 1.68. The van der Waals surface area contributed by atoms with Crippen molar-refractivity contribution in [2.24, 2.45) is 0 Å². The number of hydrogen-bond donors (Lipinski definition) is 0. The van der Waals surface area contributed by atoms with E-state index in [4.69, 9.17) is 15.3 Å². The van der Waals surface area contributed by atoms with Crippen molar-refractivity contribution in [3.8, 4) is 17.9 Å². The first kappa shape index (κ1) is 13.5. The first-order chi connectivity index (χ1) is 9.65. The van der Waals surface area contributed by atoms with E-state index in [1.807, 2.05) is 6.07 Å². The van der Waals surface area contributed by atoms with Crippen molar-refractivity contribution in [3.05, 3.63) is 64.7 Å². The maximum absolute atomic E-state index is 13.4. The van der Waals surface area contributed by atoms with Gasteiger partial charge in [0.05, 0.1) is 11.6 Å². The van der Waals surface area contributed by atoms with Crippen LogP contribution in [0, 0.1) is 34.3 Å². The van der Waals surface area contributed by atoms with Crippen molar-refractivity contribution in [2.75, 3.05) is 0 Å². The predicted molar refractivity (Wildman–Crippen MR) is 66.6 cm³/mol. The van der Waals surface area contributed by atoms with Crippen LogP contribution in [0.5, 0.6) is 5.75 Å². The quantitative estimate of drug-likeness (QED) is 0.859. The molecule has 2 aromatic carbocycles. The second-order valence-electron chi connectivity index (χ2n) is 3.93. The van der Waals surface area contributed by atoms with Crippen molar-refractivity contribution in [3.63, 3.8) is 0 Å². The highest BCUT2D eigenvalue weighted by Gasteiger charge is 2.10. The summed E-state index contributed by atoms with van der Waals surface area (Å²) in [6, 6.07) is 11.3. The minimum absolute atomic E-state index is 0.0562. The predicted octanol–water partition coefficient (Wildman–Crippen LogP) is 3.29. The molecule has 0 saturated carbocycles. The largest absolute Gasteiger partial charge is 0.487 e. The zero-order chi connectivity index (χ0) is 14.5. The van der Waals surface area contributed by atoms with Crippen molar-refractivity contribution in [1.29, 1.82) is 10.5 Å². The number of ether oxygens (including phenoxy) is 1. The Labute approximate surface area is 114 Å². The van der Waals surface area contributed by atoms with Crippen molar-refractivity contribution < 1.29 is 13.5 Å². The number of hydrogen-bond acceptors (Lipinski definition) is 3. The van der Waals surface area contributed by atoms with Crippen molar-refractivity contribution in [1.82, 2.24) is 0 Å². The molecule has 5 heteroatoms. The van der Waals surface area contributed by atoms with E-state index in [2.05, 4.69) is 0 Å². The Hall–Kier alpha value is -2.92. The molecule has 0 atom stereocenters. The van der Waals surface area contributed by atoms with E-state index >= 15 is 0 Å². The van der Waals surface area contributed by atoms with E-state index in [1.54, 1.807) is 6.07 Å². The summed E-state index contributed by atoms with van der Waals surface area (Å²) in [5.74, 6) is -1.13. The lowest BCUT2D eigenvalue weighted by Crippen LogP contribution is -2.01. The maximum atomic E-state index is 13.4. The van der Waals surface area contributed by atoms with E-state index in [0.29, 0.717) is 5.56 Å². The van der Waals surface area contributed by atoms with E-state index < -0.39 is 11.6 Å². The van der Waals surface area contributed by atoms with Crippen LogP contribution in [0.2, 0.25) is 0 Å². The standard InChI is InChI=1S/C15H8F2N2O/c16-12-5-4-10(7-18)11(6-12)9-20-15-3-1-2-14(17)13(15)8-19/h1-6H,9H2. The van der Waals surface area contributed by atoms with Crippen LogP contribution in [0.25, 0.3) is 0 Å². The van der Waals surface area contributed by atoms with Gasteiger partial charge in [-0.05, 0) is 30.3 Å². The third-order valence-corrected chi connectivity index (χ3v) is 2.66. The van der Waals surface area contributed by atoms with Gasteiger partial charge in [0.2, 0.25) is 0 Å². The van der Waals surface area contributed by atoms with Gasteiger partial charge in [0.1, 0.15) is 35.6 Å². The molecule has 2 aromatic rings. The molecule has 0 aliphatic carbocycles. The number of nitrogens with zero attached hydrogens (tertiary/aromatic N) is 2. The highest BCUT2D eigenvalue weighted by molar-refractivity contribution is 5.44. The topological polar surface area (TPSA) is 56.8 Å². The Kier molecular flexibility index (Phi) is 3.93. The van der Waals surface area contributed by atoms with Crippen LogP contribution in [-0.4, -0.2) is 0 Å². The minimum Gasteiger partial charge on any atom is -0.487 e. The van der Waals surface area contributed by atoms with Gasteiger partial charge in [0, 0.05) is 5.56 Å². The summed E-state index contributed by atoms with van der Waals surface area (Å²) >= 11 is 0. The van der Waals surface area contributed by atoms with Crippen molar-refractivity contribution in [2.45, 2.75) is 6.61 Å². The summed E-state index contributed by atoms with van der Waals surface area (Å²) in [6.45, 7) is -0.126. The van der Waals surface area contributed by atoms with Crippen molar-refractivity contribution >= 4 is 0 Å². The molecule has 0 amide bonds. The molecule has 0 N–H and O–H groups in total.